The normalized spacial score (nSPS) is 31.6. The van der Waals surface area contributed by atoms with Gasteiger partial charge in [0.1, 0.15) is 0 Å². The van der Waals surface area contributed by atoms with Gasteiger partial charge in [-0.25, -0.2) is 0 Å². The molecule has 1 spiro atoms. The molecule has 5 nitrogen and oxygen atoms in total. The van der Waals surface area contributed by atoms with Crippen molar-refractivity contribution in [2.45, 2.75) is 37.8 Å². The Bertz CT molecular complexity index is 420. The van der Waals surface area contributed by atoms with Gasteiger partial charge in [-0.05, 0) is 36.9 Å². The summed E-state index contributed by atoms with van der Waals surface area (Å²) in [6.45, 7) is 5.50. The minimum Gasteiger partial charge on any atom is -0.378 e. The molecule has 2 aliphatic rings. The van der Waals surface area contributed by atoms with E-state index in [0.717, 1.165) is 45.6 Å². The van der Waals surface area contributed by atoms with Crippen molar-refractivity contribution < 1.29 is 9.47 Å². The summed E-state index contributed by atoms with van der Waals surface area (Å²) in [5.74, 6) is 0.564. The van der Waals surface area contributed by atoms with Crippen LogP contribution in [-0.2, 0) is 9.47 Å². The van der Waals surface area contributed by atoms with E-state index in [-0.39, 0.29) is 5.60 Å². The highest BCUT2D eigenvalue weighted by atomic mass is 16.6. The van der Waals surface area contributed by atoms with E-state index in [1.807, 2.05) is 6.20 Å². The molecule has 0 radical (unpaired) electrons. The molecule has 2 saturated heterocycles. The quantitative estimate of drug-likeness (QED) is 0.908. The Morgan fingerprint density at radius 1 is 1.45 bits per heavy atom. The first-order valence-electron chi connectivity index (χ1n) is 7.55. The number of hydrogen-bond donors (Lipinski definition) is 1. The zero-order chi connectivity index (χ0) is 13.8. The number of rotatable bonds is 4. The molecule has 0 saturated carbocycles. The van der Waals surface area contributed by atoms with Gasteiger partial charge >= 0.3 is 0 Å². The van der Waals surface area contributed by atoms with Crippen molar-refractivity contribution in [3.63, 3.8) is 0 Å². The van der Waals surface area contributed by atoms with E-state index in [0.29, 0.717) is 12.0 Å². The molecule has 3 atom stereocenters. The Kier molecular flexibility index (Phi) is 4.29. The van der Waals surface area contributed by atoms with E-state index in [4.69, 9.17) is 9.47 Å². The van der Waals surface area contributed by atoms with Gasteiger partial charge in [0, 0.05) is 31.9 Å². The van der Waals surface area contributed by atoms with E-state index in [9.17, 15) is 0 Å². The van der Waals surface area contributed by atoms with Gasteiger partial charge in [0.15, 0.2) is 0 Å². The standard InChI is InChI=1S/C15H23N3O2/c1-2-16-14(13-3-6-17-18-10-13)12-4-7-20-15(9-12)5-8-19-11-15/h3,6,10,12,14,16H,2,4-5,7-9,11H2,1H3. The maximum Gasteiger partial charge on any atom is 0.0940 e. The lowest BCUT2D eigenvalue weighted by Crippen LogP contribution is -2.44. The van der Waals surface area contributed by atoms with Crippen LogP contribution >= 0.6 is 0 Å². The Labute approximate surface area is 120 Å². The van der Waals surface area contributed by atoms with Gasteiger partial charge in [0.2, 0.25) is 0 Å². The average Bonchev–Trinajstić information content (AvgIpc) is 2.93. The maximum atomic E-state index is 6.04. The summed E-state index contributed by atoms with van der Waals surface area (Å²) in [4.78, 5) is 0. The van der Waals surface area contributed by atoms with Gasteiger partial charge in [-0.2, -0.15) is 10.2 Å². The van der Waals surface area contributed by atoms with Crippen LogP contribution in [0.1, 0.15) is 37.8 Å². The van der Waals surface area contributed by atoms with Gasteiger partial charge in [-0.1, -0.05) is 6.92 Å². The monoisotopic (exact) mass is 277 g/mol. The average molecular weight is 277 g/mol. The molecule has 0 amide bonds. The zero-order valence-electron chi connectivity index (χ0n) is 12.0. The molecule has 20 heavy (non-hydrogen) atoms. The zero-order valence-corrected chi connectivity index (χ0v) is 12.0. The fraction of sp³-hybridized carbons (Fsp3) is 0.733. The van der Waals surface area contributed by atoms with E-state index < -0.39 is 0 Å². The lowest BCUT2D eigenvalue weighted by molar-refractivity contribution is -0.103. The maximum absolute atomic E-state index is 6.04. The number of aromatic nitrogens is 2. The van der Waals surface area contributed by atoms with Crippen LogP contribution in [-0.4, -0.2) is 42.2 Å². The molecule has 1 aromatic rings. The molecular weight excluding hydrogens is 254 g/mol. The van der Waals surface area contributed by atoms with Crippen molar-refractivity contribution in [2.75, 3.05) is 26.4 Å². The van der Waals surface area contributed by atoms with Gasteiger partial charge in [0.25, 0.3) is 0 Å². The first-order valence-corrected chi connectivity index (χ1v) is 7.55. The van der Waals surface area contributed by atoms with Crippen LogP contribution in [0, 0.1) is 5.92 Å². The Morgan fingerprint density at radius 3 is 3.10 bits per heavy atom. The molecule has 2 aliphatic heterocycles. The van der Waals surface area contributed by atoms with Crippen LogP contribution in [0.5, 0.6) is 0 Å². The molecule has 0 aromatic carbocycles. The van der Waals surface area contributed by atoms with Crippen LogP contribution < -0.4 is 5.32 Å². The summed E-state index contributed by atoms with van der Waals surface area (Å²) >= 11 is 0. The predicted molar refractivity (Wildman–Crippen MR) is 75.3 cm³/mol. The molecule has 1 N–H and O–H groups in total. The smallest absolute Gasteiger partial charge is 0.0940 e. The van der Waals surface area contributed by atoms with Crippen molar-refractivity contribution in [1.82, 2.24) is 15.5 Å². The highest BCUT2D eigenvalue weighted by Gasteiger charge is 2.43. The summed E-state index contributed by atoms with van der Waals surface area (Å²) in [7, 11) is 0. The van der Waals surface area contributed by atoms with Gasteiger partial charge in [-0.3, -0.25) is 0 Å². The molecule has 110 valence electrons. The second-order valence-electron chi connectivity index (χ2n) is 5.80. The van der Waals surface area contributed by atoms with Gasteiger partial charge in [0.05, 0.1) is 18.4 Å². The number of ether oxygens (including phenoxy) is 2. The highest BCUT2D eigenvalue weighted by Crippen LogP contribution is 2.40. The molecule has 0 bridgehead atoms. The molecule has 3 rings (SSSR count). The Balaban J connectivity index is 1.77. The Morgan fingerprint density at radius 2 is 2.40 bits per heavy atom. The van der Waals surface area contributed by atoms with Crippen LogP contribution in [0.4, 0.5) is 0 Å². The molecule has 0 aliphatic carbocycles. The van der Waals surface area contributed by atoms with Crippen molar-refractivity contribution in [3.05, 3.63) is 24.0 Å². The number of nitrogens with zero attached hydrogens (tertiary/aromatic N) is 2. The molecule has 5 heteroatoms. The first kappa shape index (κ1) is 13.9. The van der Waals surface area contributed by atoms with E-state index in [1.54, 1.807) is 6.20 Å². The Hall–Kier alpha value is -1.04. The van der Waals surface area contributed by atoms with Crippen molar-refractivity contribution in [2.24, 2.45) is 5.92 Å². The second kappa shape index (κ2) is 6.16. The van der Waals surface area contributed by atoms with Crippen LogP contribution in [0.3, 0.4) is 0 Å². The third-order valence-corrected chi connectivity index (χ3v) is 4.46. The van der Waals surface area contributed by atoms with Crippen molar-refractivity contribution >= 4 is 0 Å². The van der Waals surface area contributed by atoms with Crippen molar-refractivity contribution in [3.8, 4) is 0 Å². The van der Waals surface area contributed by atoms with Gasteiger partial charge < -0.3 is 14.8 Å². The van der Waals surface area contributed by atoms with E-state index in [2.05, 4.69) is 28.5 Å². The SMILES string of the molecule is CCNC(c1ccnnc1)C1CCOC2(CCOC2)C1. The summed E-state index contributed by atoms with van der Waals surface area (Å²) in [5.41, 5.74) is 1.18. The van der Waals surface area contributed by atoms with E-state index in [1.165, 1.54) is 5.56 Å². The molecule has 2 fully saturated rings. The molecule has 3 heterocycles. The van der Waals surface area contributed by atoms with Gasteiger partial charge in [-0.15, -0.1) is 0 Å². The van der Waals surface area contributed by atoms with Crippen molar-refractivity contribution in [1.29, 1.82) is 0 Å². The fourth-order valence-corrected chi connectivity index (χ4v) is 3.47. The molecule has 1 aromatic heterocycles. The fourth-order valence-electron chi connectivity index (χ4n) is 3.47. The first-order chi connectivity index (χ1) is 9.83. The van der Waals surface area contributed by atoms with Crippen LogP contribution in [0.25, 0.3) is 0 Å². The largest absolute Gasteiger partial charge is 0.378 e. The van der Waals surface area contributed by atoms with Crippen LogP contribution in [0.2, 0.25) is 0 Å². The lowest BCUT2D eigenvalue weighted by Gasteiger charge is -2.40. The number of hydrogen-bond acceptors (Lipinski definition) is 5. The lowest BCUT2D eigenvalue weighted by atomic mass is 9.79. The highest BCUT2D eigenvalue weighted by molar-refractivity contribution is 5.14. The molecular formula is C15H23N3O2. The van der Waals surface area contributed by atoms with E-state index >= 15 is 0 Å². The topological polar surface area (TPSA) is 56.3 Å². The minimum absolute atomic E-state index is 0.0446. The summed E-state index contributed by atoms with van der Waals surface area (Å²) in [6.07, 6.45) is 6.82. The third-order valence-electron chi connectivity index (χ3n) is 4.46. The summed E-state index contributed by atoms with van der Waals surface area (Å²) in [6, 6.07) is 2.39. The summed E-state index contributed by atoms with van der Waals surface area (Å²) in [5, 5.41) is 11.5. The minimum atomic E-state index is -0.0446. The molecule has 3 unspecified atom stereocenters. The number of nitrogens with one attached hydrogen (secondary N) is 1. The second-order valence-corrected chi connectivity index (χ2v) is 5.80. The third kappa shape index (κ3) is 2.85. The predicted octanol–water partition coefficient (Wildman–Crippen LogP) is 1.71. The summed E-state index contributed by atoms with van der Waals surface area (Å²) < 4.78 is 11.6. The van der Waals surface area contributed by atoms with Crippen LogP contribution in [0.15, 0.2) is 18.5 Å².